The fraction of sp³-hybridized carbons (Fsp3) is 0.867. The summed E-state index contributed by atoms with van der Waals surface area (Å²) < 4.78 is 0. The van der Waals surface area contributed by atoms with Gasteiger partial charge in [0.15, 0.2) is 0 Å². The lowest BCUT2D eigenvalue weighted by Gasteiger charge is -2.42. The molecule has 2 unspecified atom stereocenters. The van der Waals surface area contributed by atoms with Gasteiger partial charge in [0.1, 0.15) is 0 Å². The van der Waals surface area contributed by atoms with Gasteiger partial charge in [-0.3, -0.25) is 4.79 Å². The topological polar surface area (TPSA) is 60.9 Å². The molecule has 0 aromatic carbocycles. The van der Waals surface area contributed by atoms with Crippen LogP contribution in [0.15, 0.2) is 0 Å². The van der Waals surface area contributed by atoms with Crippen molar-refractivity contribution in [1.82, 2.24) is 9.80 Å². The summed E-state index contributed by atoms with van der Waals surface area (Å²) in [5.41, 5.74) is 0. The second kappa shape index (κ2) is 7.38. The van der Waals surface area contributed by atoms with Crippen LogP contribution in [0.2, 0.25) is 0 Å². The molecular weight excluding hydrogens is 288 g/mol. The predicted molar refractivity (Wildman–Crippen MR) is 84.7 cm³/mol. The van der Waals surface area contributed by atoms with Gasteiger partial charge in [0.25, 0.3) is 0 Å². The molecule has 120 valence electrons. The molecule has 2 aliphatic heterocycles. The SMILES string of the molecule is CC1SCCN(C(=O)N2CCC(CCC(=O)O)CC2)C1C. The minimum atomic E-state index is -0.720. The Labute approximate surface area is 131 Å². The van der Waals surface area contributed by atoms with Crippen LogP contribution in [-0.2, 0) is 4.79 Å². The van der Waals surface area contributed by atoms with Gasteiger partial charge in [-0.05, 0) is 32.1 Å². The molecular formula is C15H26N2O3S. The number of hydrogen-bond donors (Lipinski definition) is 1. The van der Waals surface area contributed by atoms with Crippen molar-refractivity contribution in [2.45, 2.75) is 50.8 Å². The van der Waals surface area contributed by atoms with Gasteiger partial charge in [-0.2, -0.15) is 11.8 Å². The normalized spacial score (nSPS) is 27.7. The van der Waals surface area contributed by atoms with Gasteiger partial charge in [0, 0.05) is 43.1 Å². The van der Waals surface area contributed by atoms with Crippen molar-refractivity contribution in [2.24, 2.45) is 5.92 Å². The lowest BCUT2D eigenvalue weighted by atomic mass is 9.92. The smallest absolute Gasteiger partial charge is 0.320 e. The van der Waals surface area contributed by atoms with Crippen LogP contribution in [0.4, 0.5) is 4.79 Å². The molecule has 2 saturated heterocycles. The summed E-state index contributed by atoms with van der Waals surface area (Å²) in [5, 5.41) is 9.23. The van der Waals surface area contributed by atoms with E-state index in [4.69, 9.17) is 5.11 Å². The van der Waals surface area contributed by atoms with Gasteiger partial charge < -0.3 is 14.9 Å². The number of amides is 2. The first-order chi connectivity index (χ1) is 9.99. The third kappa shape index (κ3) is 4.28. The first-order valence-corrected chi connectivity index (χ1v) is 8.93. The molecule has 0 saturated carbocycles. The maximum Gasteiger partial charge on any atom is 0.320 e. The number of urea groups is 1. The monoisotopic (exact) mass is 314 g/mol. The summed E-state index contributed by atoms with van der Waals surface area (Å²) in [6.45, 7) is 6.71. The number of nitrogens with zero attached hydrogens (tertiary/aromatic N) is 2. The van der Waals surface area contributed by atoms with E-state index in [1.54, 1.807) is 0 Å². The molecule has 0 radical (unpaired) electrons. The third-order valence-electron chi connectivity index (χ3n) is 4.78. The van der Waals surface area contributed by atoms with Crippen molar-refractivity contribution in [3.8, 4) is 0 Å². The Morgan fingerprint density at radius 3 is 2.48 bits per heavy atom. The van der Waals surface area contributed by atoms with Gasteiger partial charge in [-0.25, -0.2) is 4.79 Å². The van der Waals surface area contributed by atoms with Crippen molar-refractivity contribution in [2.75, 3.05) is 25.4 Å². The number of thioether (sulfide) groups is 1. The molecule has 0 bridgehead atoms. The molecule has 2 fully saturated rings. The summed E-state index contributed by atoms with van der Waals surface area (Å²) in [7, 11) is 0. The van der Waals surface area contributed by atoms with Crippen LogP contribution in [-0.4, -0.2) is 63.6 Å². The molecule has 5 nitrogen and oxygen atoms in total. The Hall–Kier alpha value is -0.910. The molecule has 0 aromatic heterocycles. The lowest BCUT2D eigenvalue weighted by Crippen LogP contribution is -2.54. The van der Waals surface area contributed by atoms with Gasteiger partial charge in [0.05, 0.1) is 0 Å². The Kier molecular flexibility index (Phi) is 5.79. The van der Waals surface area contributed by atoms with Crippen molar-refractivity contribution < 1.29 is 14.7 Å². The van der Waals surface area contributed by atoms with Crippen LogP contribution in [0.25, 0.3) is 0 Å². The van der Waals surface area contributed by atoms with Crippen LogP contribution in [0.3, 0.4) is 0 Å². The number of carboxylic acid groups (broad SMARTS) is 1. The highest BCUT2D eigenvalue weighted by Crippen LogP contribution is 2.27. The van der Waals surface area contributed by atoms with Crippen molar-refractivity contribution in [1.29, 1.82) is 0 Å². The minimum absolute atomic E-state index is 0.173. The second-order valence-corrected chi connectivity index (χ2v) is 7.64. The molecule has 21 heavy (non-hydrogen) atoms. The quantitative estimate of drug-likeness (QED) is 0.869. The van der Waals surface area contributed by atoms with Crippen molar-refractivity contribution in [3.63, 3.8) is 0 Å². The number of aliphatic carboxylic acids is 1. The number of likely N-dealkylation sites (tertiary alicyclic amines) is 1. The van der Waals surface area contributed by atoms with Gasteiger partial charge in [0.2, 0.25) is 0 Å². The third-order valence-corrected chi connectivity index (χ3v) is 6.12. The largest absolute Gasteiger partial charge is 0.481 e. The highest BCUT2D eigenvalue weighted by molar-refractivity contribution is 8.00. The van der Waals surface area contributed by atoms with E-state index in [2.05, 4.69) is 13.8 Å². The van der Waals surface area contributed by atoms with Crippen LogP contribution < -0.4 is 0 Å². The van der Waals surface area contributed by atoms with E-state index < -0.39 is 5.97 Å². The number of carboxylic acids is 1. The Morgan fingerprint density at radius 2 is 1.86 bits per heavy atom. The molecule has 0 spiro atoms. The Morgan fingerprint density at radius 1 is 1.19 bits per heavy atom. The standard InChI is InChI=1S/C15H26N2O3S/c1-11-12(2)21-10-9-17(11)15(20)16-7-5-13(6-8-16)3-4-14(18)19/h11-13H,3-10H2,1-2H3,(H,18,19). The van der Waals surface area contributed by atoms with E-state index in [9.17, 15) is 9.59 Å². The predicted octanol–water partition coefficient (Wildman–Crippen LogP) is 2.51. The van der Waals surface area contributed by atoms with E-state index in [1.807, 2.05) is 21.6 Å². The zero-order valence-electron chi connectivity index (χ0n) is 13.0. The highest BCUT2D eigenvalue weighted by atomic mass is 32.2. The molecule has 2 atom stereocenters. The molecule has 0 aliphatic carbocycles. The number of piperidine rings is 1. The van der Waals surface area contributed by atoms with Crippen LogP contribution in [0.1, 0.15) is 39.5 Å². The van der Waals surface area contributed by atoms with Gasteiger partial charge in [-0.15, -0.1) is 0 Å². The molecule has 2 amide bonds. The van der Waals surface area contributed by atoms with E-state index in [0.717, 1.165) is 44.6 Å². The average Bonchev–Trinajstić information content (AvgIpc) is 2.48. The van der Waals surface area contributed by atoms with Gasteiger partial charge >= 0.3 is 12.0 Å². The van der Waals surface area contributed by atoms with Gasteiger partial charge in [-0.1, -0.05) is 6.92 Å². The van der Waals surface area contributed by atoms with Crippen LogP contribution in [0.5, 0.6) is 0 Å². The fourth-order valence-corrected chi connectivity index (χ4v) is 4.22. The zero-order chi connectivity index (χ0) is 15.4. The molecule has 1 N–H and O–H groups in total. The summed E-state index contributed by atoms with van der Waals surface area (Å²) in [5.74, 6) is 0.757. The number of carbonyl (C=O) groups is 2. The Bertz CT molecular complexity index is 383. The lowest BCUT2D eigenvalue weighted by molar-refractivity contribution is -0.137. The molecule has 6 heteroatoms. The number of rotatable bonds is 3. The number of carbonyl (C=O) groups excluding carboxylic acids is 1. The van der Waals surface area contributed by atoms with E-state index in [-0.39, 0.29) is 12.5 Å². The van der Waals surface area contributed by atoms with E-state index in [1.165, 1.54) is 0 Å². The molecule has 2 rings (SSSR count). The minimum Gasteiger partial charge on any atom is -0.481 e. The van der Waals surface area contributed by atoms with E-state index >= 15 is 0 Å². The average molecular weight is 314 g/mol. The second-order valence-electron chi connectivity index (χ2n) is 6.16. The Balaban J connectivity index is 1.81. The van der Waals surface area contributed by atoms with Crippen LogP contribution >= 0.6 is 11.8 Å². The molecule has 2 aliphatic rings. The molecule has 0 aromatic rings. The van der Waals surface area contributed by atoms with Crippen LogP contribution in [0, 0.1) is 5.92 Å². The van der Waals surface area contributed by atoms with E-state index in [0.29, 0.717) is 17.2 Å². The highest BCUT2D eigenvalue weighted by Gasteiger charge is 2.33. The summed E-state index contributed by atoms with van der Waals surface area (Å²) >= 11 is 1.94. The molecule has 2 heterocycles. The first-order valence-electron chi connectivity index (χ1n) is 7.88. The van der Waals surface area contributed by atoms with Crippen molar-refractivity contribution in [3.05, 3.63) is 0 Å². The summed E-state index contributed by atoms with van der Waals surface area (Å²) in [4.78, 5) is 27.2. The maximum atomic E-state index is 12.6. The van der Waals surface area contributed by atoms with Crippen molar-refractivity contribution >= 4 is 23.8 Å². The fourth-order valence-electron chi connectivity index (χ4n) is 3.13. The maximum absolute atomic E-state index is 12.6. The first kappa shape index (κ1) is 16.5. The summed E-state index contributed by atoms with van der Waals surface area (Å²) in [6.07, 6.45) is 2.86. The zero-order valence-corrected chi connectivity index (χ0v) is 13.8. The number of hydrogen-bond acceptors (Lipinski definition) is 3. The summed E-state index contributed by atoms with van der Waals surface area (Å²) in [6, 6.07) is 0.465.